The van der Waals surface area contributed by atoms with Crippen LogP contribution < -0.4 is 5.32 Å². The molecular weight excluding hydrogens is 490 g/mol. The predicted molar refractivity (Wildman–Crippen MR) is 119 cm³/mol. The van der Waals surface area contributed by atoms with Crippen molar-refractivity contribution in [3.63, 3.8) is 0 Å². The van der Waals surface area contributed by atoms with E-state index in [4.69, 9.17) is 23.7 Å². The van der Waals surface area contributed by atoms with Crippen LogP contribution in [0.25, 0.3) is 0 Å². The number of carbonyl (C=O) groups is 6. The third-order valence-corrected chi connectivity index (χ3v) is 6.19. The van der Waals surface area contributed by atoms with E-state index in [2.05, 4.69) is 5.32 Å². The van der Waals surface area contributed by atoms with E-state index in [0.717, 1.165) is 46.4 Å². The Morgan fingerprint density at radius 3 is 1.69 bits per heavy atom. The Hall–Kier alpha value is -2.87. The summed E-state index contributed by atoms with van der Waals surface area (Å²) in [4.78, 5) is 70.9. The minimum atomic E-state index is -1.60. The number of esters is 5. The Morgan fingerprint density at radius 2 is 1.29 bits per heavy atom. The van der Waals surface area contributed by atoms with Crippen molar-refractivity contribution in [3.8, 4) is 0 Å². The Kier molecular flexibility index (Phi) is 11.0. The van der Waals surface area contributed by atoms with Crippen molar-refractivity contribution in [2.75, 3.05) is 6.61 Å². The molecule has 0 aromatic rings. The lowest BCUT2D eigenvalue weighted by molar-refractivity contribution is -0.203. The maximum absolute atomic E-state index is 12.0. The normalized spacial score (nSPS) is 22.0. The molecule has 0 unspecified atom stereocenters. The van der Waals surface area contributed by atoms with Gasteiger partial charge in [-0.15, -0.1) is 11.8 Å². The minimum absolute atomic E-state index is 0.577. The van der Waals surface area contributed by atoms with E-state index in [9.17, 15) is 33.9 Å². The lowest BCUT2D eigenvalue weighted by atomic mass is 10.00. The summed E-state index contributed by atoms with van der Waals surface area (Å²) in [6, 6.07) is -1.08. The van der Waals surface area contributed by atoms with Crippen LogP contribution in [0.5, 0.6) is 0 Å². The summed E-state index contributed by atoms with van der Waals surface area (Å²) >= 11 is 1.10. The summed E-state index contributed by atoms with van der Waals surface area (Å²) in [5.74, 6) is -5.27. The first-order valence-corrected chi connectivity index (χ1v) is 11.4. The Balaban J connectivity index is 3.59. The highest BCUT2D eigenvalue weighted by molar-refractivity contribution is 8.01. The molecule has 13 nitrogen and oxygen atoms in total. The molecule has 35 heavy (non-hydrogen) atoms. The average molecular weight is 522 g/mol. The number of nitrogens with one attached hydrogen (secondary N) is 1. The molecule has 1 saturated heterocycles. The Bertz CT molecular complexity index is 844. The van der Waals surface area contributed by atoms with Gasteiger partial charge in [0.2, 0.25) is 0 Å². The number of rotatable bonds is 11. The van der Waals surface area contributed by atoms with E-state index in [1.54, 1.807) is 13.8 Å². The highest BCUT2D eigenvalue weighted by Crippen LogP contribution is 2.41. The maximum atomic E-state index is 12.0. The molecule has 1 heterocycles. The first-order chi connectivity index (χ1) is 16.0. The fourth-order valence-corrected chi connectivity index (χ4v) is 4.99. The van der Waals surface area contributed by atoms with Crippen LogP contribution in [0.2, 0.25) is 0 Å². The van der Waals surface area contributed by atoms with Gasteiger partial charge in [0.05, 0.1) is 5.37 Å². The van der Waals surface area contributed by atoms with Crippen LogP contribution in [-0.4, -0.2) is 88.1 Å². The zero-order valence-electron chi connectivity index (χ0n) is 20.5. The minimum Gasteiger partial charge on any atom is -0.480 e. The topological polar surface area (TPSA) is 181 Å². The number of carboxylic acids is 1. The van der Waals surface area contributed by atoms with Gasteiger partial charge in [0.25, 0.3) is 0 Å². The van der Waals surface area contributed by atoms with E-state index < -0.39 is 83.0 Å². The molecule has 0 bridgehead atoms. The third kappa shape index (κ3) is 9.36. The smallest absolute Gasteiger partial charge is 0.322 e. The molecule has 0 amide bonds. The fourth-order valence-electron chi connectivity index (χ4n) is 3.49. The highest BCUT2D eigenvalue weighted by atomic mass is 32.2. The highest BCUT2D eigenvalue weighted by Gasteiger charge is 2.54. The van der Waals surface area contributed by atoms with Crippen LogP contribution in [0.3, 0.4) is 0 Å². The monoisotopic (exact) mass is 521 g/mol. The predicted octanol–water partition coefficient (Wildman–Crippen LogP) is 0.171. The van der Waals surface area contributed by atoms with Gasteiger partial charge in [-0.2, -0.15) is 0 Å². The second kappa shape index (κ2) is 12.7. The lowest BCUT2D eigenvalue weighted by Crippen LogP contribution is -2.58. The number of hydrogen-bond donors (Lipinski definition) is 2. The van der Waals surface area contributed by atoms with Crippen molar-refractivity contribution in [1.82, 2.24) is 5.32 Å². The number of carboxylic acid groups (broad SMARTS) is 1. The van der Waals surface area contributed by atoms with Gasteiger partial charge < -0.3 is 28.8 Å². The molecule has 6 atom stereocenters. The van der Waals surface area contributed by atoms with Crippen LogP contribution >= 0.6 is 11.8 Å². The largest absolute Gasteiger partial charge is 0.480 e. The second-order valence-electron chi connectivity index (χ2n) is 8.25. The van der Waals surface area contributed by atoms with Gasteiger partial charge in [0, 0.05) is 39.4 Å². The van der Waals surface area contributed by atoms with Gasteiger partial charge >= 0.3 is 35.8 Å². The standard InChI is InChI=1S/C21H31NO12S/c1-9(23)30-8-14(31-10(2)24)15(32-11(3)25)16(33-12(4)26)17(34-13(5)27)19-22-18(20(28)29)21(6,7)35-19/h14-19,22H,8H2,1-7H3,(H,28,29)/t14-,15-,16-,17-,18-,19+/m0/s1. The summed E-state index contributed by atoms with van der Waals surface area (Å²) < 4.78 is 25.4. The molecule has 198 valence electrons. The van der Waals surface area contributed by atoms with E-state index in [1.165, 1.54) is 0 Å². The molecule has 0 aliphatic carbocycles. The number of hydrogen-bond acceptors (Lipinski definition) is 13. The zero-order chi connectivity index (χ0) is 27.1. The van der Waals surface area contributed by atoms with Gasteiger partial charge in [0.15, 0.2) is 24.4 Å². The number of aliphatic carboxylic acids is 1. The van der Waals surface area contributed by atoms with Gasteiger partial charge in [-0.3, -0.25) is 34.1 Å². The van der Waals surface area contributed by atoms with Gasteiger partial charge in [-0.05, 0) is 13.8 Å². The van der Waals surface area contributed by atoms with Crippen molar-refractivity contribution in [1.29, 1.82) is 0 Å². The molecule has 1 fully saturated rings. The van der Waals surface area contributed by atoms with E-state index in [-0.39, 0.29) is 0 Å². The molecule has 14 heteroatoms. The van der Waals surface area contributed by atoms with Gasteiger partial charge in [-0.25, -0.2) is 0 Å². The molecule has 0 saturated carbocycles. The third-order valence-electron chi connectivity index (χ3n) is 4.69. The number of ether oxygens (including phenoxy) is 5. The maximum Gasteiger partial charge on any atom is 0.322 e. The molecule has 1 aliphatic heterocycles. The van der Waals surface area contributed by atoms with E-state index in [0.29, 0.717) is 0 Å². The van der Waals surface area contributed by atoms with Gasteiger partial charge in [-0.1, -0.05) is 0 Å². The number of thioether (sulfide) groups is 1. The first-order valence-electron chi connectivity index (χ1n) is 10.5. The molecule has 1 aliphatic rings. The molecular formula is C21H31NO12S. The van der Waals surface area contributed by atoms with Crippen LogP contribution in [-0.2, 0) is 52.5 Å². The molecule has 0 aromatic heterocycles. The van der Waals surface area contributed by atoms with Crippen LogP contribution in [0.1, 0.15) is 48.5 Å². The first kappa shape index (κ1) is 30.2. The van der Waals surface area contributed by atoms with Crippen LogP contribution in [0.15, 0.2) is 0 Å². The van der Waals surface area contributed by atoms with Crippen molar-refractivity contribution in [2.45, 2.75) is 89.0 Å². The van der Waals surface area contributed by atoms with Crippen molar-refractivity contribution in [2.24, 2.45) is 0 Å². The summed E-state index contributed by atoms with van der Waals surface area (Å²) in [6.45, 7) is 8.07. The van der Waals surface area contributed by atoms with Crippen LogP contribution in [0.4, 0.5) is 0 Å². The van der Waals surface area contributed by atoms with Gasteiger partial charge in [0.1, 0.15) is 12.6 Å². The van der Waals surface area contributed by atoms with E-state index >= 15 is 0 Å². The second-order valence-corrected chi connectivity index (χ2v) is 10.0. The number of carbonyl (C=O) groups excluding carboxylic acids is 5. The van der Waals surface area contributed by atoms with Crippen molar-refractivity contribution < 1.29 is 57.6 Å². The Morgan fingerprint density at radius 1 is 0.800 bits per heavy atom. The molecule has 0 aromatic carbocycles. The molecule has 2 N–H and O–H groups in total. The molecule has 1 rings (SSSR count). The summed E-state index contributed by atoms with van der Waals surface area (Å²) in [6.07, 6.45) is -6.06. The van der Waals surface area contributed by atoms with Crippen molar-refractivity contribution >= 4 is 47.6 Å². The quantitative estimate of drug-likeness (QED) is 0.277. The summed E-state index contributed by atoms with van der Waals surface area (Å²) in [5, 5.41) is 11.5. The van der Waals surface area contributed by atoms with E-state index in [1.807, 2.05) is 0 Å². The summed E-state index contributed by atoms with van der Waals surface area (Å²) in [5.41, 5.74) is 0. The fraction of sp³-hybridized carbons (Fsp3) is 0.714. The average Bonchev–Trinajstić information content (AvgIpc) is 3.00. The SMILES string of the molecule is CC(=O)OC[C@H](OC(C)=O)[C@H](OC(C)=O)[C@H](OC(C)=O)[C@H](OC(C)=O)[C@@H]1N[C@@H](C(=O)O)C(C)(C)S1. The lowest BCUT2D eigenvalue weighted by Gasteiger charge is -2.37. The molecule has 0 radical (unpaired) electrons. The van der Waals surface area contributed by atoms with Crippen LogP contribution in [0, 0.1) is 0 Å². The molecule has 0 spiro atoms. The zero-order valence-corrected chi connectivity index (χ0v) is 21.3. The summed E-state index contributed by atoms with van der Waals surface area (Å²) in [7, 11) is 0. The van der Waals surface area contributed by atoms with Crippen molar-refractivity contribution in [3.05, 3.63) is 0 Å². The Labute approximate surface area is 206 Å².